The molecular formula is C6H10O4. The van der Waals surface area contributed by atoms with Crippen molar-refractivity contribution in [2.24, 2.45) is 0 Å². The van der Waals surface area contributed by atoms with Gasteiger partial charge in [0.25, 0.3) is 0 Å². The van der Waals surface area contributed by atoms with Crippen LogP contribution in [0.25, 0.3) is 0 Å². The molecule has 0 aliphatic carbocycles. The van der Waals surface area contributed by atoms with Crippen LogP contribution in [0.15, 0.2) is 12.7 Å². The molecule has 0 heterocycles. The van der Waals surface area contributed by atoms with Crippen LogP contribution < -0.4 is 0 Å². The highest BCUT2D eigenvalue weighted by molar-refractivity contribution is 5.58. The average molecular weight is 146 g/mol. The van der Waals surface area contributed by atoms with Crippen molar-refractivity contribution in [3.05, 3.63) is 12.7 Å². The van der Waals surface area contributed by atoms with Crippen molar-refractivity contribution < 1.29 is 19.3 Å². The lowest BCUT2D eigenvalue weighted by molar-refractivity contribution is -0.245. The van der Waals surface area contributed by atoms with Gasteiger partial charge in [-0.25, -0.2) is 4.79 Å². The smallest absolute Gasteiger partial charge is 0.433 e. The molecule has 0 rings (SSSR count). The van der Waals surface area contributed by atoms with Crippen LogP contribution in [-0.4, -0.2) is 19.4 Å². The standard InChI is InChI=1S/C6H10O4/c1-3-5-9-10-6(7)8-4-2/h3H,1,4-5H2,2H3. The molecule has 4 nitrogen and oxygen atoms in total. The van der Waals surface area contributed by atoms with Crippen LogP contribution >= 0.6 is 0 Å². The molecule has 0 aliphatic rings. The number of ether oxygens (including phenoxy) is 1. The fourth-order valence-electron chi connectivity index (χ4n) is 0.272. The van der Waals surface area contributed by atoms with Gasteiger partial charge in [0.1, 0.15) is 6.61 Å². The Hall–Kier alpha value is -1.03. The first kappa shape index (κ1) is 8.97. The quantitative estimate of drug-likeness (QED) is 0.197. The molecule has 0 aromatic heterocycles. The zero-order chi connectivity index (χ0) is 7.82. The maximum Gasteiger partial charge on any atom is 0.540 e. The summed E-state index contributed by atoms with van der Waals surface area (Å²) in [6, 6.07) is 0. The van der Waals surface area contributed by atoms with Crippen molar-refractivity contribution in [3.8, 4) is 0 Å². The summed E-state index contributed by atoms with van der Waals surface area (Å²) < 4.78 is 4.37. The zero-order valence-corrected chi connectivity index (χ0v) is 5.83. The molecule has 0 atom stereocenters. The topological polar surface area (TPSA) is 44.8 Å². The zero-order valence-electron chi connectivity index (χ0n) is 5.83. The Morgan fingerprint density at radius 2 is 2.40 bits per heavy atom. The largest absolute Gasteiger partial charge is 0.540 e. The second-order valence-electron chi connectivity index (χ2n) is 1.34. The van der Waals surface area contributed by atoms with Gasteiger partial charge in [0.15, 0.2) is 0 Å². The summed E-state index contributed by atoms with van der Waals surface area (Å²) in [5.74, 6) is 0. The van der Waals surface area contributed by atoms with Crippen LogP contribution in [0, 0.1) is 0 Å². The Labute approximate surface area is 59.3 Å². The van der Waals surface area contributed by atoms with Gasteiger partial charge in [0.05, 0.1) is 6.61 Å². The van der Waals surface area contributed by atoms with Gasteiger partial charge in [-0.05, 0) is 6.92 Å². The molecule has 0 radical (unpaired) electrons. The monoisotopic (exact) mass is 146 g/mol. The van der Waals surface area contributed by atoms with Crippen LogP contribution in [0.5, 0.6) is 0 Å². The van der Waals surface area contributed by atoms with E-state index in [0.29, 0.717) is 0 Å². The molecule has 0 amide bonds. The summed E-state index contributed by atoms with van der Waals surface area (Å²) in [6.45, 7) is 5.46. The van der Waals surface area contributed by atoms with Crippen molar-refractivity contribution in [3.63, 3.8) is 0 Å². The third-order valence-corrected chi connectivity index (χ3v) is 0.575. The fraction of sp³-hybridized carbons (Fsp3) is 0.500. The van der Waals surface area contributed by atoms with E-state index >= 15 is 0 Å². The Kier molecular flexibility index (Phi) is 5.47. The van der Waals surface area contributed by atoms with Crippen molar-refractivity contribution in [1.82, 2.24) is 0 Å². The highest BCUT2D eigenvalue weighted by Crippen LogP contribution is 1.85. The van der Waals surface area contributed by atoms with E-state index in [1.807, 2.05) is 0 Å². The molecule has 0 bridgehead atoms. The van der Waals surface area contributed by atoms with Crippen molar-refractivity contribution in [2.75, 3.05) is 13.2 Å². The summed E-state index contributed by atoms with van der Waals surface area (Å²) in [4.78, 5) is 18.7. The Balaban J connectivity index is 3.13. The lowest BCUT2D eigenvalue weighted by Gasteiger charge is -1.99. The first-order valence-electron chi connectivity index (χ1n) is 2.88. The molecule has 0 aliphatic heterocycles. The summed E-state index contributed by atoms with van der Waals surface area (Å²) >= 11 is 0. The van der Waals surface area contributed by atoms with E-state index in [-0.39, 0.29) is 13.2 Å². The van der Waals surface area contributed by atoms with E-state index in [0.717, 1.165) is 0 Å². The molecule has 0 spiro atoms. The Morgan fingerprint density at radius 3 is 2.90 bits per heavy atom. The van der Waals surface area contributed by atoms with Crippen LogP contribution in [0.2, 0.25) is 0 Å². The third kappa shape index (κ3) is 5.11. The van der Waals surface area contributed by atoms with Crippen LogP contribution in [-0.2, 0) is 14.5 Å². The predicted molar refractivity (Wildman–Crippen MR) is 34.3 cm³/mol. The number of carbonyl (C=O) groups is 1. The summed E-state index contributed by atoms with van der Waals surface area (Å²) in [5, 5.41) is 0. The number of hydrogen-bond acceptors (Lipinski definition) is 4. The highest BCUT2D eigenvalue weighted by atomic mass is 17.2. The highest BCUT2D eigenvalue weighted by Gasteiger charge is 2.00. The van der Waals surface area contributed by atoms with E-state index in [4.69, 9.17) is 0 Å². The normalized spacial score (nSPS) is 8.50. The predicted octanol–water partition coefficient (Wildman–Crippen LogP) is 1.28. The first-order chi connectivity index (χ1) is 4.81. The minimum absolute atomic E-state index is 0.165. The van der Waals surface area contributed by atoms with E-state index < -0.39 is 6.16 Å². The van der Waals surface area contributed by atoms with Gasteiger partial charge >= 0.3 is 6.16 Å². The molecule has 0 saturated heterocycles. The van der Waals surface area contributed by atoms with E-state index in [2.05, 4.69) is 21.1 Å². The number of hydrogen-bond donors (Lipinski definition) is 0. The molecule has 0 aromatic rings. The van der Waals surface area contributed by atoms with Crippen LogP contribution in [0.1, 0.15) is 6.92 Å². The summed E-state index contributed by atoms with van der Waals surface area (Å²) in [7, 11) is 0. The summed E-state index contributed by atoms with van der Waals surface area (Å²) in [6.07, 6.45) is 0.628. The van der Waals surface area contributed by atoms with Gasteiger partial charge in [-0.2, -0.15) is 4.89 Å². The Morgan fingerprint density at radius 1 is 1.70 bits per heavy atom. The molecule has 0 unspecified atom stereocenters. The third-order valence-electron chi connectivity index (χ3n) is 0.575. The molecule has 58 valence electrons. The second kappa shape index (κ2) is 6.10. The second-order valence-corrected chi connectivity index (χ2v) is 1.34. The Bertz CT molecular complexity index is 110. The van der Waals surface area contributed by atoms with Gasteiger partial charge in [0, 0.05) is 0 Å². The van der Waals surface area contributed by atoms with Crippen molar-refractivity contribution in [2.45, 2.75) is 6.92 Å². The van der Waals surface area contributed by atoms with Crippen LogP contribution in [0.4, 0.5) is 4.79 Å². The van der Waals surface area contributed by atoms with Crippen LogP contribution in [0.3, 0.4) is 0 Å². The first-order valence-corrected chi connectivity index (χ1v) is 2.88. The van der Waals surface area contributed by atoms with Gasteiger partial charge in [0.2, 0.25) is 0 Å². The number of carbonyl (C=O) groups excluding carboxylic acids is 1. The average Bonchev–Trinajstić information content (AvgIpc) is 1.89. The summed E-state index contributed by atoms with van der Waals surface area (Å²) in [5.41, 5.74) is 0. The minimum atomic E-state index is -0.829. The molecule has 10 heavy (non-hydrogen) atoms. The van der Waals surface area contributed by atoms with E-state index in [1.54, 1.807) is 6.92 Å². The van der Waals surface area contributed by atoms with Crippen molar-refractivity contribution >= 4 is 6.16 Å². The molecule has 0 N–H and O–H groups in total. The van der Waals surface area contributed by atoms with Crippen molar-refractivity contribution in [1.29, 1.82) is 0 Å². The van der Waals surface area contributed by atoms with Gasteiger partial charge < -0.3 is 4.74 Å². The lowest BCUT2D eigenvalue weighted by Crippen LogP contribution is -2.07. The molecule has 4 heteroatoms. The van der Waals surface area contributed by atoms with Gasteiger partial charge in [-0.1, -0.05) is 6.08 Å². The van der Waals surface area contributed by atoms with Gasteiger partial charge in [-0.15, -0.1) is 6.58 Å². The SMILES string of the molecule is C=CCOOC(=O)OCC. The number of rotatable bonds is 4. The molecule has 0 fully saturated rings. The molecule has 0 aromatic carbocycles. The minimum Gasteiger partial charge on any atom is -0.433 e. The fourth-order valence-corrected chi connectivity index (χ4v) is 0.272. The van der Waals surface area contributed by atoms with E-state index in [1.165, 1.54) is 6.08 Å². The maximum absolute atomic E-state index is 10.3. The molecular weight excluding hydrogens is 136 g/mol. The maximum atomic E-state index is 10.3. The molecule has 0 saturated carbocycles. The lowest BCUT2D eigenvalue weighted by atomic mass is 10.7. The van der Waals surface area contributed by atoms with Gasteiger partial charge in [-0.3, -0.25) is 4.89 Å². The van der Waals surface area contributed by atoms with E-state index in [9.17, 15) is 4.79 Å².